The molecule has 9 rings (SSSR count). The van der Waals surface area contributed by atoms with Crippen molar-refractivity contribution < 1.29 is 4.74 Å². The molecule has 47 heavy (non-hydrogen) atoms. The largest absolute Gasteiger partial charge is 0.457 e. The number of pyridine rings is 2. The van der Waals surface area contributed by atoms with Gasteiger partial charge in [0.15, 0.2) is 11.6 Å². The van der Waals surface area contributed by atoms with Crippen LogP contribution in [0.3, 0.4) is 0 Å². The Morgan fingerprint density at radius 2 is 1.21 bits per heavy atom. The van der Waals surface area contributed by atoms with Crippen molar-refractivity contribution in [2.75, 3.05) is 0 Å². The fourth-order valence-corrected chi connectivity index (χ4v) is 6.69. The van der Waals surface area contributed by atoms with Gasteiger partial charge in [0.2, 0.25) is 0 Å². The summed E-state index contributed by atoms with van der Waals surface area (Å²) in [6, 6.07) is 37.3. The summed E-state index contributed by atoms with van der Waals surface area (Å²) in [7, 11) is 2.03. The van der Waals surface area contributed by atoms with Crippen molar-refractivity contribution in [1.82, 2.24) is 29.5 Å². The summed E-state index contributed by atoms with van der Waals surface area (Å²) in [5, 5.41) is 0. The normalized spacial score (nSPS) is 13.3. The van der Waals surface area contributed by atoms with Crippen LogP contribution in [-0.4, -0.2) is 29.5 Å². The molecular formula is C40H30N6O. The van der Waals surface area contributed by atoms with E-state index in [1.807, 2.05) is 74.0 Å². The number of hydrogen-bond donors (Lipinski definition) is 1. The number of rotatable bonds is 4. The van der Waals surface area contributed by atoms with E-state index >= 15 is 0 Å². The van der Waals surface area contributed by atoms with E-state index in [2.05, 4.69) is 78.0 Å². The first-order valence-corrected chi connectivity index (χ1v) is 15.7. The third kappa shape index (κ3) is 4.42. The molecule has 0 atom stereocenters. The highest BCUT2D eigenvalue weighted by Gasteiger charge is 2.35. The van der Waals surface area contributed by atoms with Crippen LogP contribution >= 0.6 is 0 Å². The van der Waals surface area contributed by atoms with E-state index in [0.717, 1.165) is 90.0 Å². The predicted octanol–water partition coefficient (Wildman–Crippen LogP) is 9.34. The fraction of sp³-hybridized carbons (Fsp3) is 0.100. The second kappa shape index (κ2) is 10.2. The topological polar surface area (TPSA) is 81.5 Å². The van der Waals surface area contributed by atoms with Gasteiger partial charge in [-0.05, 0) is 71.8 Å². The van der Waals surface area contributed by atoms with E-state index in [-0.39, 0.29) is 5.41 Å². The van der Waals surface area contributed by atoms with Crippen molar-refractivity contribution in [3.05, 3.63) is 133 Å². The average Bonchev–Trinajstić information content (AvgIpc) is 3.70. The highest BCUT2D eigenvalue weighted by molar-refractivity contribution is 5.81. The molecule has 0 radical (unpaired) electrons. The maximum absolute atomic E-state index is 6.46. The predicted molar refractivity (Wildman–Crippen MR) is 186 cm³/mol. The van der Waals surface area contributed by atoms with Crippen molar-refractivity contribution >= 4 is 22.1 Å². The van der Waals surface area contributed by atoms with E-state index in [9.17, 15) is 0 Å². The molecule has 226 valence electrons. The molecule has 4 aromatic carbocycles. The lowest BCUT2D eigenvalue weighted by atomic mass is 9.74. The molecule has 1 N–H and O–H groups in total. The molecule has 1 aliphatic heterocycles. The molecule has 0 unspecified atom stereocenters. The van der Waals surface area contributed by atoms with Crippen LogP contribution in [0.5, 0.6) is 11.5 Å². The molecule has 0 saturated carbocycles. The summed E-state index contributed by atoms with van der Waals surface area (Å²) < 4.78 is 8.56. The van der Waals surface area contributed by atoms with E-state index in [4.69, 9.17) is 24.7 Å². The van der Waals surface area contributed by atoms with Gasteiger partial charge >= 0.3 is 0 Å². The molecule has 0 saturated heterocycles. The lowest BCUT2D eigenvalue weighted by Gasteiger charge is -2.35. The number of imidazole rings is 2. The van der Waals surface area contributed by atoms with Gasteiger partial charge in [0.25, 0.3) is 0 Å². The van der Waals surface area contributed by atoms with Crippen LogP contribution in [0, 0.1) is 0 Å². The van der Waals surface area contributed by atoms with Gasteiger partial charge < -0.3 is 14.3 Å². The molecular weight excluding hydrogens is 580 g/mol. The summed E-state index contributed by atoms with van der Waals surface area (Å²) in [5.74, 6) is 3.36. The molecule has 0 fully saturated rings. The van der Waals surface area contributed by atoms with E-state index in [1.54, 1.807) is 0 Å². The smallest absolute Gasteiger partial charge is 0.159 e. The SMILES string of the molecule is Cn1c(-c2ccc(-c3ccc4c(c3)C(C)(C)c3cc(-c5ccc(-c6nc7ccccc7[nH]6)nc5)ccc3O4)cn2)nc2ccccc21. The molecule has 0 spiro atoms. The Bertz CT molecular complexity index is 2440. The number of aromatic amines is 1. The molecule has 7 heteroatoms. The van der Waals surface area contributed by atoms with Crippen LogP contribution in [0.1, 0.15) is 25.0 Å². The zero-order chi connectivity index (χ0) is 31.7. The number of fused-ring (bicyclic) bond motifs is 4. The Kier molecular flexibility index (Phi) is 5.93. The van der Waals surface area contributed by atoms with Gasteiger partial charge in [-0.25, -0.2) is 9.97 Å². The number of benzene rings is 4. The molecule has 0 bridgehead atoms. The number of para-hydroxylation sites is 4. The Balaban J connectivity index is 1.01. The van der Waals surface area contributed by atoms with Crippen LogP contribution in [0.15, 0.2) is 122 Å². The summed E-state index contributed by atoms with van der Waals surface area (Å²) in [4.78, 5) is 22.5. The molecule has 7 nitrogen and oxygen atoms in total. The summed E-state index contributed by atoms with van der Waals surface area (Å²) >= 11 is 0. The van der Waals surface area contributed by atoms with E-state index < -0.39 is 0 Å². The first kappa shape index (κ1) is 27.2. The maximum Gasteiger partial charge on any atom is 0.159 e. The minimum Gasteiger partial charge on any atom is -0.457 e. The lowest BCUT2D eigenvalue weighted by molar-refractivity contribution is 0.418. The highest BCUT2D eigenvalue weighted by atomic mass is 16.5. The second-order valence-corrected chi connectivity index (χ2v) is 12.6. The molecule has 5 heterocycles. The van der Waals surface area contributed by atoms with Gasteiger partial charge in [-0.1, -0.05) is 62.4 Å². The highest BCUT2D eigenvalue weighted by Crippen LogP contribution is 2.49. The number of H-pyrrole nitrogens is 1. The quantitative estimate of drug-likeness (QED) is 0.215. The Labute approximate surface area is 271 Å². The number of hydrogen-bond acceptors (Lipinski definition) is 5. The van der Waals surface area contributed by atoms with Crippen LogP contribution in [0.4, 0.5) is 0 Å². The third-order valence-corrected chi connectivity index (χ3v) is 9.37. The summed E-state index contributed by atoms with van der Waals surface area (Å²) in [5.41, 5.74) is 11.9. The number of aryl methyl sites for hydroxylation is 1. The number of nitrogens with zero attached hydrogens (tertiary/aromatic N) is 5. The van der Waals surface area contributed by atoms with Crippen molar-refractivity contribution in [1.29, 1.82) is 0 Å². The minimum absolute atomic E-state index is 0.295. The molecule has 0 amide bonds. The Hall–Kier alpha value is -6.08. The van der Waals surface area contributed by atoms with Crippen LogP contribution in [0.2, 0.25) is 0 Å². The number of ether oxygens (including phenoxy) is 1. The second-order valence-electron chi connectivity index (χ2n) is 12.6. The standard InChI is InChI=1S/C40H30N6O/c1-40(2)28-20-24(26-12-16-33(41-22-26)38-43-30-8-4-5-9-31(30)44-38)14-18-36(28)47-37-19-15-25(21-29(37)40)27-13-17-34(42-23-27)39-45-32-10-6-7-11-35(32)46(39)3/h4-23H,1-3H3,(H,43,44). The Morgan fingerprint density at radius 3 is 1.83 bits per heavy atom. The van der Waals surface area contributed by atoms with Gasteiger partial charge in [0.1, 0.15) is 22.9 Å². The van der Waals surface area contributed by atoms with Crippen LogP contribution < -0.4 is 4.74 Å². The number of nitrogens with one attached hydrogen (secondary N) is 1. The lowest BCUT2D eigenvalue weighted by Crippen LogP contribution is -2.24. The summed E-state index contributed by atoms with van der Waals surface area (Å²) in [6.07, 6.45) is 3.85. The van der Waals surface area contributed by atoms with Gasteiger partial charge in [0.05, 0.1) is 22.1 Å². The van der Waals surface area contributed by atoms with E-state index in [1.165, 1.54) is 0 Å². The van der Waals surface area contributed by atoms with Gasteiger partial charge in [-0.3, -0.25) is 9.97 Å². The van der Waals surface area contributed by atoms with Gasteiger partial charge in [0, 0.05) is 47.1 Å². The van der Waals surface area contributed by atoms with Crippen LogP contribution in [-0.2, 0) is 12.5 Å². The van der Waals surface area contributed by atoms with E-state index in [0.29, 0.717) is 0 Å². The van der Waals surface area contributed by atoms with Crippen molar-refractivity contribution in [2.24, 2.45) is 7.05 Å². The first-order valence-electron chi connectivity index (χ1n) is 15.7. The van der Waals surface area contributed by atoms with Crippen LogP contribution in [0.25, 0.3) is 67.4 Å². The minimum atomic E-state index is -0.295. The van der Waals surface area contributed by atoms with Gasteiger partial charge in [-0.2, -0.15) is 0 Å². The Morgan fingerprint density at radius 1 is 0.617 bits per heavy atom. The zero-order valence-corrected chi connectivity index (χ0v) is 26.2. The zero-order valence-electron chi connectivity index (χ0n) is 26.2. The third-order valence-electron chi connectivity index (χ3n) is 9.37. The first-order chi connectivity index (χ1) is 22.9. The van der Waals surface area contributed by atoms with Crippen molar-refractivity contribution in [3.8, 4) is 56.8 Å². The molecule has 8 aromatic rings. The van der Waals surface area contributed by atoms with Crippen molar-refractivity contribution in [2.45, 2.75) is 19.3 Å². The average molecular weight is 611 g/mol. The summed E-state index contributed by atoms with van der Waals surface area (Å²) in [6.45, 7) is 4.52. The molecule has 1 aliphatic rings. The van der Waals surface area contributed by atoms with Gasteiger partial charge in [-0.15, -0.1) is 0 Å². The number of aromatic nitrogens is 6. The monoisotopic (exact) mass is 610 g/mol. The molecule has 4 aromatic heterocycles. The maximum atomic E-state index is 6.46. The fourth-order valence-electron chi connectivity index (χ4n) is 6.69. The van der Waals surface area contributed by atoms with Crippen molar-refractivity contribution in [3.63, 3.8) is 0 Å². The molecule has 0 aliphatic carbocycles.